The molecular formula is C65H106O6. The van der Waals surface area contributed by atoms with E-state index in [1.54, 1.807) is 0 Å². The van der Waals surface area contributed by atoms with E-state index in [2.05, 4.69) is 142 Å². The van der Waals surface area contributed by atoms with Gasteiger partial charge in [-0.15, -0.1) is 0 Å². The molecule has 0 N–H and O–H groups in total. The average molecular weight is 984 g/mol. The number of hydrogen-bond donors (Lipinski definition) is 0. The molecule has 0 rings (SSSR count). The molecule has 0 aromatic rings. The maximum absolute atomic E-state index is 12.7. The quantitative estimate of drug-likeness (QED) is 0.0261. The van der Waals surface area contributed by atoms with Gasteiger partial charge in [0.25, 0.3) is 0 Å². The van der Waals surface area contributed by atoms with Gasteiger partial charge in [-0.3, -0.25) is 14.4 Å². The molecule has 0 aliphatic carbocycles. The van der Waals surface area contributed by atoms with Gasteiger partial charge in [-0.1, -0.05) is 239 Å². The monoisotopic (exact) mass is 983 g/mol. The minimum atomic E-state index is -0.784. The maximum atomic E-state index is 12.7. The van der Waals surface area contributed by atoms with Crippen LogP contribution in [-0.4, -0.2) is 37.2 Å². The molecule has 0 saturated heterocycles. The van der Waals surface area contributed by atoms with Crippen LogP contribution in [0.15, 0.2) is 122 Å². The highest BCUT2D eigenvalue weighted by Crippen LogP contribution is 2.14. The predicted octanol–water partition coefficient (Wildman–Crippen LogP) is 19.6. The Morgan fingerprint density at radius 2 is 0.549 bits per heavy atom. The summed E-state index contributed by atoms with van der Waals surface area (Å²) in [4.78, 5) is 37.7. The molecule has 1 atom stereocenters. The van der Waals surface area contributed by atoms with Crippen LogP contribution in [0.3, 0.4) is 0 Å². The van der Waals surface area contributed by atoms with E-state index in [1.807, 2.05) is 0 Å². The number of rotatable bonds is 51. The van der Waals surface area contributed by atoms with Crippen LogP contribution in [0.4, 0.5) is 0 Å². The van der Waals surface area contributed by atoms with Gasteiger partial charge in [-0.05, 0) is 116 Å². The number of ether oxygens (including phenoxy) is 3. The molecule has 0 spiro atoms. The first-order chi connectivity index (χ1) is 35.0. The summed E-state index contributed by atoms with van der Waals surface area (Å²) in [5.74, 6) is -0.925. The summed E-state index contributed by atoms with van der Waals surface area (Å²) in [5, 5.41) is 0. The fourth-order valence-electron chi connectivity index (χ4n) is 7.60. The van der Waals surface area contributed by atoms with E-state index in [0.717, 1.165) is 141 Å². The van der Waals surface area contributed by atoms with Crippen molar-refractivity contribution < 1.29 is 28.6 Å². The molecule has 0 saturated carbocycles. The lowest BCUT2D eigenvalue weighted by Gasteiger charge is -2.18. The number of allylic oxidation sites excluding steroid dienone is 20. The van der Waals surface area contributed by atoms with Crippen molar-refractivity contribution in [2.24, 2.45) is 0 Å². The number of esters is 3. The second kappa shape index (κ2) is 58.4. The number of carbonyl (C=O) groups excluding carboxylic acids is 3. The maximum Gasteiger partial charge on any atom is 0.306 e. The number of carbonyl (C=O) groups is 3. The highest BCUT2D eigenvalue weighted by Gasteiger charge is 2.19. The predicted molar refractivity (Wildman–Crippen MR) is 306 cm³/mol. The second-order valence-corrected chi connectivity index (χ2v) is 18.8. The van der Waals surface area contributed by atoms with Gasteiger partial charge in [0.2, 0.25) is 0 Å². The van der Waals surface area contributed by atoms with E-state index in [1.165, 1.54) is 70.6 Å². The molecule has 71 heavy (non-hydrogen) atoms. The standard InChI is InChI=1S/C65H106O6/c1-4-7-10-13-15-17-19-21-22-23-24-25-26-27-28-29-30-31-32-33-34-35-36-37-38-39-40-41-42-44-45-47-49-52-55-58-64(67)70-61-62(60-69-63(66)57-54-51-12-9-6-3)71-65(68)59-56-53-50-48-46-43-20-18-16-14-11-8-5-2/h7,10,15,17-18,20-22,24-25,27-28,30-31,33-34,36-37,39-40,62H,4-6,8-9,11-14,16,19,23,26,29,32,35,38,41-61H2,1-3H3/b10-7-,17-15-,20-18-,22-21-,25-24-,28-27-,31-30-,34-33-,37-36-,40-39-. The van der Waals surface area contributed by atoms with Gasteiger partial charge in [-0.25, -0.2) is 0 Å². The van der Waals surface area contributed by atoms with Crippen LogP contribution in [0.1, 0.15) is 252 Å². The van der Waals surface area contributed by atoms with Gasteiger partial charge in [0, 0.05) is 19.3 Å². The minimum Gasteiger partial charge on any atom is -0.462 e. The van der Waals surface area contributed by atoms with Crippen molar-refractivity contribution in [3.63, 3.8) is 0 Å². The lowest BCUT2D eigenvalue weighted by molar-refractivity contribution is -0.167. The molecule has 0 aromatic heterocycles. The largest absolute Gasteiger partial charge is 0.462 e. The third-order valence-corrected chi connectivity index (χ3v) is 12.0. The Balaban J connectivity index is 4.07. The second-order valence-electron chi connectivity index (χ2n) is 18.8. The van der Waals surface area contributed by atoms with Crippen LogP contribution in [-0.2, 0) is 28.6 Å². The fourth-order valence-corrected chi connectivity index (χ4v) is 7.60. The summed E-state index contributed by atoms with van der Waals surface area (Å²) in [6, 6.07) is 0. The zero-order chi connectivity index (χ0) is 51.4. The van der Waals surface area contributed by atoms with Gasteiger partial charge >= 0.3 is 17.9 Å². The van der Waals surface area contributed by atoms with E-state index >= 15 is 0 Å². The lowest BCUT2D eigenvalue weighted by Crippen LogP contribution is -2.30. The highest BCUT2D eigenvalue weighted by atomic mass is 16.6. The number of hydrogen-bond acceptors (Lipinski definition) is 6. The van der Waals surface area contributed by atoms with Gasteiger partial charge in [-0.2, -0.15) is 0 Å². The summed E-state index contributed by atoms with van der Waals surface area (Å²) in [6.45, 7) is 6.40. The lowest BCUT2D eigenvalue weighted by atomic mass is 10.1. The van der Waals surface area contributed by atoms with Crippen molar-refractivity contribution >= 4 is 17.9 Å². The van der Waals surface area contributed by atoms with Crippen molar-refractivity contribution in [1.82, 2.24) is 0 Å². The SMILES string of the molecule is CC/C=C\C/C=C\C/C=C\C/C=C\C/C=C\C/C=C\C/C=C\C/C=C\C/C=C\CCCCCCCCCC(=O)OCC(COC(=O)CCCCCCC)OC(=O)CCCCCCC/C=C\CCCCCC. The fraction of sp³-hybridized carbons (Fsp3) is 0.646. The Kier molecular flexibility index (Phi) is 54.9. The summed E-state index contributed by atoms with van der Waals surface area (Å²) in [7, 11) is 0. The van der Waals surface area contributed by atoms with Crippen LogP contribution in [0.5, 0.6) is 0 Å². The van der Waals surface area contributed by atoms with Crippen molar-refractivity contribution in [2.45, 2.75) is 258 Å². The van der Waals surface area contributed by atoms with Crippen molar-refractivity contribution in [3.8, 4) is 0 Å². The van der Waals surface area contributed by atoms with Gasteiger partial charge < -0.3 is 14.2 Å². The molecule has 6 heteroatoms. The average Bonchev–Trinajstić information content (AvgIpc) is 3.37. The molecule has 402 valence electrons. The van der Waals surface area contributed by atoms with E-state index in [-0.39, 0.29) is 31.1 Å². The molecule has 0 fully saturated rings. The number of unbranched alkanes of at least 4 members (excludes halogenated alkanes) is 20. The first kappa shape index (κ1) is 66.8. The van der Waals surface area contributed by atoms with Crippen LogP contribution in [0.25, 0.3) is 0 Å². The smallest absolute Gasteiger partial charge is 0.306 e. The van der Waals surface area contributed by atoms with Crippen LogP contribution >= 0.6 is 0 Å². The third kappa shape index (κ3) is 56.6. The Morgan fingerprint density at radius 1 is 0.296 bits per heavy atom. The zero-order valence-electron chi connectivity index (χ0n) is 45.9. The Morgan fingerprint density at radius 3 is 0.887 bits per heavy atom. The van der Waals surface area contributed by atoms with Crippen LogP contribution < -0.4 is 0 Å². The molecule has 0 radical (unpaired) electrons. The van der Waals surface area contributed by atoms with Gasteiger partial charge in [0.05, 0.1) is 0 Å². The summed E-state index contributed by atoms with van der Waals surface area (Å²) in [5.41, 5.74) is 0. The molecule has 0 amide bonds. The van der Waals surface area contributed by atoms with Crippen molar-refractivity contribution in [3.05, 3.63) is 122 Å². The Labute approximate surface area is 437 Å². The molecule has 0 bridgehead atoms. The normalized spacial score (nSPS) is 13.0. The van der Waals surface area contributed by atoms with Gasteiger partial charge in [0.1, 0.15) is 13.2 Å². The summed E-state index contributed by atoms with van der Waals surface area (Å²) in [6.07, 6.45) is 81.0. The summed E-state index contributed by atoms with van der Waals surface area (Å²) >= 11 is 0. The Bertz CT molecular complexity index is 1500. The van der Waals surface area contributed by atoms with E-state index in [0.29, 0.717) is 19.3 Å². The molecule has 0 heterocycles. The zero-order valence-corrected chi connectivity index (χ0v) is 45.9. The van der Waals surface area contributed by atoms with Crippen molar-refractivity contribution in [2.75, 3.05) is 13.2 Å². The van der Waals surface area contributed by atoms with E-state index < -0.39 is 6.10 Å². The van der Waals surface area contributed by atoms with Crippen molar-refractivity contribution in [1.29, 1.82) is 0 Å². The van der Waals surface area contributed by atoms with Crippen LogP contribution in [0, 0.1) is 0 Å². The molecule has 0 aliphatic heterocycles. The molecule has 0 aromatic carbocycles. The molecule has 1 unspecified atom stereocenters. The van der Waals surface area contributed by atoms with Crippen LogP contribution in [0.2, 0.25) is 0 Å². The first-order valence-electron chi connectivity index (χ1n) is 29.0. The van der Waals surface area contributed by atoms with Gasteiger partial charge in [0.15, 0.2) is 6.10 Å². The molecule has 6 nitrogen and oxygen atoms in total. The molecule has 0 aliphatic rings. The van der Waals surface area contributed by atoms with E-state index in [4.69, 9.17) is 14.2 Å². The highest BCUT2D eigenvalue weighted by molar-refractivity contribution is 5.71. The molecular weight excluding hydrogens is 877 g/mol. The summed E-state index contributed by atoms with van der Waals surface area (Å²) < 4.78 is 16.7. The first-order valence-corrected chi connectivity index (χ1v) is 29.0. The minimum absolute atomic E-state index is 0.0864. The Hall–Kier alpha value is -4.19. The van der Waals surface area contributed by atoms with E-state index in [9.17, 15) is 14.4 Å². The third-order valence-electron chi connectivity index (χ3n) is 12.0. The topological polar surface area (TPSA) is 78.9 Å².